The molecule has 1 fully saturated rings. The molecule has 116 valence electrons. The lowest BCUT2D eigenvalue weighted by Crippen LogP contribution is -2.45. The van der Waals surface area contributed by atoms with Crippen LogP contribution in [-0.4, -0.2) is 19.9 Å². The molecule has 1 aromatic carbocycles. The number of hydrogen-bond acceptors (Lipinski definition) is 3. The molecular weight excluding hydrogens is 335 g/mol. The van der Waals surface area contributed by atoms with Gasteiger partial charge in [-0.3, -0.25) is 4.79 Å². The molecule has 0 saturated heterocycles. The van der Waals surface area contributed by atoms with E-state index in [0.717, 1.165) is 25.0 Å². The largest absolute Gasteiger partial charge is 0.347 e. The maximum absolute atomic E-state index is 12.4. The highest BCUT2D eigenvalue weighted by atomic mass is 35.5. The van der Waals surface area contributed by atoms with Gasteiger partial charge in [0.1, 0.15) is 0 Å². The molecule has 8 heteroatoms. The van der Waals surface area contributed by atoms with Crippen LogP contribution in [-0.2, 0) is 10.0 Å². The fraction of sp³-hybridized carbons (Fsp3) is 0.462. The Morgan fingerprint density at radius 1 is 1.33 bits per heavy atom. The minimum absolute atomic E-state index is 0.00177. The number of nitrogens with two attached hydrogens (primary N) is 1. The van der Waals surface area contributed by atoms with Gasteiger partial charge in [0.05, 0.1) is 20.5 Å². The van der Waals surface area contributed by atoms with E-state index in [0.29, 0.717) is 5.92 Å². The van der Waals surface area contributed by atoms with E-state index in [1.807, 2.05) is 13.8 Å². The van der Waals surface area contributed by atoms with Crippen molar-refractivity contribution in [1.82, 2.24) is 5.32 Å². The molecule has 1 saturated carbocycles. The molecule has 0 aromatic heterocycles. The second-order valence-corrected chi connectivity index (χ2v) is 8.11. The Hall–Kier alpha value is -0.820. The summed E-state index contributed by atoms with van der Waals surface area (Å²) in [7, 11) is -3.97. The molecule has 0 radical (unpaired) electrons. The van der Waals surface area contributed by atoms with Crippen molar-refractivity contribution in [3.05, 3.63) is 27.7 Å². The Morgan fingerprint density at radius 2 is 1.90 bits per heavy atom. The number of amides is 1. The highest BCUT2D eigenvalue weighted by Crippen LogP contribution is 2.39. The average Bonchev–Trinajstić information content (AvgIpc) is 3.14. The van der Waals surface area contributed by atoms with Crippen LogP contribution in [0.3, 0.4) is 0 Å². The van der Waals surface area contributed by atoms with Crippen LogP contribution in [0.5, 0.6) is 0 Å². The van der Waals surface area contributed by atoms with E-state index in [4.69, 9.17) is 28.3 Å². The molecular formula is C13H16Cl2N2O3S. The summed E-state index contributed by atoms with van der Waals surface area (Å²) in [4.78, 5) is 12.1. The number of hydrogen-bond donors (Lipinski definition) is 2. The van der Waals surface area contributed by atoms with Crippen molar-refractivity contribution in [1.29, 1.82) is 0 Å². The third-order valence-electron chi connectivity index (χ3n) is 3.61. The van der Waals surface area contributed by atoms with Crippen molar-refractivity contribution < 1.29 is 13.2 Å². The number of nitrogens with one attached hydrogen (secondary N) is 1. The predicted octanol–water partition coefficient (Wildman–Crippen LogP) is 2.56. The Labute approximate surface area is 133 Å². The van der Waals surface area contributed by atoms with Crippen molar-refractivity contribution in [3.63, 3.8) is 0 Å². The Balaban J connectivity index is 2.38. The third kappa shape index (κ3) is 3.69. The van der Waals surface area contributed by atoms with Gasteiger partial charge in [-0.05, 0) is 44.7 Å². The van der Waals surface area contributed by atoms with Gasteiger partial charge in [0.2, 0.25) is 10.0 Å². The van der Waals surface area contributed by atoms with Crippen molar-refractivity contribution in [3.8, 4) is 0 Å². The zero-order valence-electron chi connectivity index (χ0n) is 11.6. The van der Waals surface area contributed by atoms with E-state index >= 15 is 0 Å². The normalized spacial score (nSPS) is 15.9. The molecule has 21 heavy (non-hydrogen) atoms. The minimum Gasteiger partial charge on any atom is -0.347 e. The number of rotatable bonds is 4. The smallest absolute Gasteiger partial charge is 0.253 e. The van der Waals surface area contributed by atoms with Gasteiger partial charge in [-0.2, -0.15) is 0 Å². The minimum atomic E-state index is -3.97. The van der Waals surface area contributed by atoms with E-state index in [2.05, 4.69) is 5.32 Å². The second kappa shape index (κ2) is 5.43. The fourth-order valence-electron chi connectivity index (χ4n) is 2.16. The SMILES string of the molecule is CC(C)(NC(=O)c1cc(S(N)(=O)=O)cc(Cl)c1Cl)C1CC1. The number of carbonyl (C=O) groups is 1. The second-order valence-electron chi connectivity index (χ2n) is 5.76. The first-order valence-corrected chi connectivity index (χ1v) is 8.67. The van der Waals surface area contributed by atoms with E-state index in [1.54, 1.807) is 0 Å². The molecule has 0 spiro atoms. The van der Waals surface area contributed by atoms with Crippen molar-refractivity contribution in [2.45, 2.75) is 37.1 Å². The molecule has 0 atom stereocenters. The summed E-state index contributed by atoms with van der Waals surface area (Å²) in [5.74, 6) is -0.0542. The van der Waals surface area contributed by atoms with Crippen LogP contribution in [0.2, 0.25) is 10.0 Å². The zero-order valence-corrected chi connectivity index (χ0v) is 13.9. The lowest BCUT2D eigenvalue weighted by Gasteiger charge is -2.26. The summed E-state index contributed by atoms with van der Waals surface area (Å²) < 4.78 is 22.8. The molecule has 5 nitrogen and oxygen atoms in total. The van der Waals surface area contributed by atoms with Gasteiger partial charge in [-0.1, -0.05) is 23.2 Å². The first-order chi connectivity index (χ1) is 9.52. The molecule has 3 N–H and O–H groups in total. The molecule has 0 bridgehead atoms. The average molecular weight is 351 g/mol. The number of halogens is 2. The van der Waals surface area contributed by atoms with Crippen LogP contribution >= 0.6 is 23.2 Å². The number of benzene rings is 1. The summed E-state index contributed by atoms with van der Waals surface area (Å²) in [6, 6.07) is 2.27. The zero-order chi connectivity index (χ0) is 16.0. The summed E-state index contributed by atoms with van der Waals surface area (Å²) in [6.07, 6.45) is 2.11. The molecule has 0 unspecified atom stereocenters. The van der Waals surface area contributed by atoms with Crippen LogP contribution in [0.25, 0.3) is 0 Å². The molecule has 1 aliphatic carbocycles. The van der Waals surface area contributed by atoms with Gasteiger partial charge >= 0.3 is 0 Å². The maximum atomic E-state index is 12.4. The lowest BCUT2D eigenvalue weighted by atomic mass is 9.98. The molecule has 0 heterocycles. The molecule has 1 amide bonds. The molecule has 2 rings (SSSR count). The van der Waals surface area contributed by atoms with Crippen LogP contribution in [0, 0.1) is 5.92 Å². The topological polar surface area (TPSA) is 89.3 Å². The summed E-state index contributed by atoms with van der Waals surface area (Å²) in [5.41, 5.74) is -0.383. The van der Waals surface area contributed by atoms with Gasteiger partial charge in [0, 0.05) is 5.54 Å². The molecule has 1 aromatic rings. The molecule has 0 aliphatic heterocycles. The van der Waals surface area contributed by atoms with Gasteiger partial charge in [-0.15, -0.1) is 0 Å². The fourth-order valence-corrected chi connectivity index (χ4v) is 3.20. The standard InChI is InChI=1S/C13H16Cl2N2O3S/c1-13(2,7-3-4-7)17-12(18)9-5-8(21(16,19)20)6-10(14)11(9)15/h5-7H,3-4H2,1-2H3,(H,17,18)(H2,16,19,20). The van der Waals surface area contributed by atoms with Gasteiger partial charge in [0.25, 0.3) is 5.91 Å². The Bertz CT molecular complexity index is 698. The monoisotopic (exact) mass is 350 g/mol. The van der Waals surface area contributed by atoms with Gasteiger partial charge < -0.3 is 5.32 Å². The first-order valence-electron chi connectivity index (χ1n) is 6.37. The summed E-state index contributed by atoms with van der Waals surface area (Å²) >= 11 is 11.9. The summed E-state index contributed by atoms with van der Waals surface area (Å²) in [6.45, 7) is 3.84. The van der Waals surface area contributed by atoms with Gasteiger partial charge in [-0.25, -0.2) is 13.6 Å². The van der Waals surface area contributed by atoms with Crippen molar-refractivity contribution in [2.24, 2.45) is 11.1 Å². The van der Waals surface area contributed by atoms with Crippen molar-refractivity contribution in [2.75, 3.05) is 0 Å². The van der Waals surface area contributed by atoms with E-state index < -0.39 is 15.9 Å². The Morgan fingerprint density at radius 3 is 2.38 bits per heavy atom. The van der Waals surface area contributed by atoms with E-state index in [9.17, 15) is 13.2 Å². The predicted molar refractivity (Wildman–Crippen MR) is 82.1 cm³/mol. The highest BCUT2D eigenvalue weighted by molar-refractivity contribution is 7.89. The van der Waals surface area contributed by atoms with E-state index in [1.165, 1.54) is 0 Å². The highest BCUT2D eigenvalue weighted by Gasteiger charge is 2.39. The first kappa shape index (κ1) is 16.5. The Kier molecular flexibility index (Phi) is 4.28. The number of carbonyl (C=O) groups excluding carboxylic acids is 1. The van der Waals surface area contributed by atoms with Crippen LogP contribution in [0.4, 0.5) is 0 Å². The number of primary sulfonamides is 1. The summed E-state index contributed by atoms with van der Waals surface area (Å²) in [5, 5.41) is 7.91. The van der Waals surface area contributed by atoms with Gasteiger partial charge in [0.15, 0.2) is 0 Å². The quantitative estimate of drug-likeness (QED) is 0.874. The van der Waals surface area contributed by atoms with Crippen LogP contribution < -0.4 is 10.5 Å². The van der Waals surface area contributed by atoms with E-state index in [-0.39, 0.29) is 26.0 Å². The van der Waals surface area contributed by atoms with Crippen LogP contribution in [0.1, 0.15) is 37.0 Å². The van der Waals surface area contributed by atoms with Crippen molar-refractivity contribution >= 4 is 39.1 Å². The number of sulfonamides is 1. The lowest BCUT2D eigenvalue weighted by molar-refractivity contribution is 0.0903. The van der Waals surface area contributed by atoms with Crippen LogP contribution in [0.15, 0.2) is 17.0 Å². The molecule has 1 aliphatic rings. The third-order valence-corrected chi connectivity index (χ3v) is 5.30. The maximum Gasteiger partial charge on any atom is 0.253 e.